The Kier molecular flexibility index (Phi) is 5.47. The lowest BCUT2D eigenvalue weighted by Crippen LogP contribution is -2.26. The summed E-state index contributed by atoms with van der Waals surface area (Å²) in [6, 6.07) is 7.82. The third-order valence-electron chi connectivity index (χ3n) is 3.17. The van der Waals surface area contributed by atoms with Crippen LogP contribution in [0.5, 0.6) is 0 Å². The maximum Gasteiger partial charge on any atom is 0.0959 e. The van der Waals surface area contributed by atoms with Gasteiger partial charge in [0.15, 0.2) is 0 Å². The van der Waals surface area contributed by atoms with Crippen LogP contribution in [-0.2, 0) is 4.74 Å². The van der Waals surface area contributed by atoms with Crippen molar-refractivity contribution in [2.45, 2.75) is 19.1 Å². The normalized spacial score (nSPS) is 13.9. The molecule has 0 radical (unpaired) electrons. The first-order valence-corrected chi connectivity index (χ1v) is 6.86. The number of nitrogens with one attached hydrogen (secondary N) is 1. The van der Waals surface area contributed by atoms with Gasteiger partial charge in [0.2, 0.25) is 0 Å². The van der Waals surface area contributed by atoms with Crippen LogP contribution < -0.4 is 5.32 Å². The Morgan fingerprint density at radius 2 is 2.10 bits per heavy atom. The van der Waals surface area contributed by atoms with Gasteiger partial charge in [-0.25, -0.2) is 0 Å². The maximum absolute atomic E-state index is 6.20. The van der Waals surface area contributed by atoms with E-state index in [4.69, 9.17) is 16.3 Å². The van der Waals surface area contributed by atoms with Gasteiger partial charge in [0.25, 0.3) is 0 Å². The number of halogens is 1. The molecule has 0 spiro atoms. The van der Waals surface area contributed by atoms with Gasteiger partial charge in [-0.15, -0.1) is 0 Å². The van der Waals surface area contributed by atoms with Crippen molar-refractivity contribution < 1.29 is 4.74 Å². The molecule has 0 saturated carbocycles. The summed E-state index contributed by atoms with van der Waals surface area (Å²) in [5, 5.41) is 4.11. The molecule has 5 heteroatoms. The smallest absolute Gasteiger partial charge is 0.0959 e. The van der Waals surface area contributed by atoms with Gasteiger partial charge in [-0.05, 0) is 13.0 Å². The predicted molar refractivity (Wildman–Crippen MR) is 79.7 cm³/mol. The summed E-state index contributed by atoms with van der Waals surface area (Å²) in [6.45, 7) is 2.70. The molecule has 1 aromatic carbocycles. The molecule has 2 rings (SSSR count). The van der Waals surface area contributed by atoms with Crippen LogP contribution in [-0.4, -0.2) is 23.6 Å². The standard InChI is InChI=1S/C15H18ClN3O/c1-11(14-9-17-7-8-18-14)19-10-15(20-2)12-5-3-4-6-13(12)16/h3-9,11,15,19H,10H2,1-2H3/t11-,15-/m1/s1. The van der Waals surface area contributed by atoms with Crippen LogP contribution in [0.3, 0.4) is 0 Å². The number of nitrogens with zero attached hydrogens (tertiary/aromatic N) is 2. The van der Waals surface area contributed by atoms with Crippen LogP contribution in [0.2, 0.25) is 5.02 Å². The molecular formula is C15H18ClN3O. The lowest BCUT2D eigenvalue weighted by atomic mass is 10.1. The summed E-state index contributed by atoms with van der Waals surface area (Å²) in [6.07, 6.45) is 5.02. The SMILES string of the molecule is CO[C@H](CN[C@H](C)c1cnccn1)c1ccccc1Cl. The summed E-state index contributed by atoms with van der Waals surface area (Å²) in [7, 11) is 1.68. The van der Waals surface area contributed by atoms with Crippen LogP contribution in [0.25, 0.3) is 0 Å². The van der Waals surface area contributed by atoms with Gasteiger partial charge < -0.3 is 10.1 Å². The van der Waals surface area contributed by atoms with E-state index in [1.807, 2.05) is 31.2 Å². The molecule has 106 valence electrons. The fourth-order valence-electron chi connectivity index (χ4n) is 1.98. The minimum absolute atomic E-state index is 0.0946. The molecule has 20 heavy (non-hydrogen) atoms. The fraction of sp³-hybridized carbons (Fsp3) is 0.333. The molecule has 4 nitrogen and oxygen atoms in total. The van der Waals surface area contributed by atoms with Crippen LogP contribution in [0.15, 0.2) is 42.9 Å². The van der Waals surface area contributed by atoms with Gasteiger partial charge in [0.05, 0.1) is 11.8 Å². The van der Waals surface area contributed by atoms with Gasteiger partial charge in [-0.3, -0.25) is 9.97 Å². The van der Waals surface area contributed by atoms with Crippen LogP contribution >= 0.6 is 11.6 Å². The molecule has 0 saturated heterocycles. The van der Waals surface area contributed by atoms with Crippen molar-refractivity contribution in [2.24, 2.45) is 0 Å². The first-order valence-electron chi connectivity index (χ1n) is 6.49. The van der Waals surface area contributed by atoms with E-state index in [0.29, 0.717) is 11.6 Å². The van der Waals surface area contributed by atoms with E-state index in [9.17, 15) is 0 Å². The average Bonchev–Trinajstić information content (AvgIpc) is 2.50. The number of hydrogen-bond acceptors (Lipinski definition) is 4. The molecule has 0 bridgehead atoms. The Balaban J connectivity index is 2.00. The zero-order chi connectivity index (χ0) is 14.4. The fourth-order valence-corrected chi connectivity index (χ4v) is 2.24. The Morgan fingerprint density at radius 1 is 1.30 bits per heavy atom. The molecule has 2 aromatic rings. The molecule has 2 atom stereocenters. The maximum atomic E-state index is 6.20. The first kappa shape index (κ1) is 14.9. The van der Waals surface area contributed by atoms with Crippen LogP contribution in [0.1, 0.15) is 30.3 Å². The molecule has 0 aliphatic heterocycles. The molecule has 0 fully saturated rings. The molecule has 1 aromatic heterocycles. The number of methoxy groups -OCH3 is 1. The van der Waals surface area contributed by atoms with Crippen LogP contribution in [0, 0.1) is 0 Å². The zero-order valence-electron chi connectivity index (χ0n) is 11.6. The average molecular weight is 292 g/mol. The van der Waals surface area contributed by atoms with E-state index in [1.54, 1.807) is 25.7 Å². The van der Waals surface area contributed by atoms with Crippen molar-refractivity contribution >= 4 is 11.6 Å². The lowest BCUT2D eigenvalue weighted by Gasteiger charge is -2.20. The molecule has 0 aliphatic carbocycles. The number of ether oxygens (including phenoxy) is 1. The second kappa shape index (κ2) is 7.33. The summed E-state index contributed by atoms with van der Waals surface area (Å²) in [4.78, 5) is 8.35. The summed E-state index contributed by atoms with van der Waals surface area (Å²) < 4.78 is 5.52. The molecule has 1 N–H and O–H groups in total. The highest BCUT2D eigenvalue weighted by Crippen LogP contribution is 2.25. The van der Waals surface area contributed by atoms with E-state index < -0.39 is 0 Å². The third kappa shape index (κ3) is 3.76. The summed E-state index contributed by atoms with van der Waals surface area (Å²) >= 11 is 6.20. The monoisotopic (exact) mass is 291 g/mol. The molecule has 0 unspecified atom stereocenters. The van der Waals surface area contributed by atoms with Crippen molar-refractivity contribution in [2.75, 3.05) is 13.7 Å². The highest BCUT2D eigenvalue weighted by Gasteiger charge is 2.15. The van der Waals surface area contributed by atoms with Crippen molar-refractivity contribution in [3.8, 4) is 0 Å². The highest BCUT2D eigenvalue weighted by molar-refractivity contribution is 6.31. The third-order valence-corrected chi connectivity index (χ3v) is 3.52. The lowest BCUT2D eigenvalue weighted by molar-refractivity contribution is 0.0998. The van der Waals surface area contributed by atoms with Gasteiger partial charge in [-0.2, -0.15) is 0 Å². The number of benzene rings is 1. The number of hydrogen-bond donors (Lipinski definition) is 1. The topological polar surface area (TPSA) is 47.0 Å². The van der Waals surface area contributed by atoms with Gasteiger partial charge in [-0.1, -0.05) is 29.8 Å². The van der Waals surface area contributed by atoms with Crippen LogP contribution in [0.4, 0.5) is 0 Å². The van der Waals surface area contributed by atoms with Crippen molar-refractivity contribution in [3.63, 3.8) is 0 Å². The quantitative estimate of drug-likeness (QED) is 0.888. The largest absolute Gasteiger partial charge is 0.375 e. The molecule has 1 heterocycles. The second-order valence-corrected chi connectivity index (χ2v) is 4.91. The first-order chi connectivity index (χ1) is 9.72. The summed E-state index contributed by atoms with van der Waals surface area (Å²) in [5.41, 5.74) is 1.89. The Morgan fingerprint density at radius 3 is 2.75 bits per heavy atom. The van der Waals surface area contributed by atoms with E-state index >= 15 is 0 Å². The van der Waals surface area contributed by atoms with E-state index in [0.717, 1.165) is 11.3 Å². The highest BCUT2D eigenvalue weighted by atomic mass is 35.5. The van der Waals surface area contributed by atoms with Gasteiger partial charge >= 0.3 is 0 Å². The van der Waals surface area contributed by atoms with E-state index in [1.165, 1.54) is 0 Å². The zero-order valence-corrected chi connectivity index (χ0v) is 12.3. The Labute approximate surface area is 124 Å². The van der Waals surface area contributed by atoms with Crippen molar-refractivity contribution in [1.29, 1.82) is 0 Å². The minimum Gasteiger partial charge on any atom is -0.375 e. The van der Waals surface area contributed by atoms with Gasteiger partial charge in [0.1, 0.15) is 0 Å². The van der Waals surface area contributed by atoms with Gasteiger partial charge in [0, 0.05) is 48.9 Å². The van der Waals surface area contributed by atoms with Crippen molar-refractivity contribution in [1.82, 2.24) is 15.3 Å². The minimum atomic E-state index is -0.0946. The Bertz CT molecular complexity index is 536. The van der Waals surface area contributed by atoms with Crippen molar-refractivity contribution in [3.05, 3.63) is 59.1 Å². The number of rotatable bonds is 6. The second-order valence-electron chi connectivity index (χ2n) is 4.51. The molecule has 0 amide bonds. The summed E-state index contributed by atoms with van der Waals surface area (Å²) in [5.74, 6) is 0. The van der Waals surface area contributed by atoms with E-state index in [2.05, 4.69) is 15.3 Å². The molecule has 0 aliphatic rings. The predicted octanol–water partition coefficient (Wildman–Crippen LogP) is 3.17. The Hall–Kier alpha value is -1.49. The number of aromatic nitrogens is 2. The molecular weight excluding hydrogens is 274 g/mol. The van der Waals surface area contributed by atoms with E-state index in [-0.39, 0.29) is 12.1 Å².